The Hall–Kier alpha value is -3.54. The molecular weight excluding hydrogens is 406 g/mol. The van der Waals surface area contributed by atoms with E-state index in [0.29, 0.717) is 62.8 Å². The van der Waals surface area contributed by atoms with E-state index in [1.165, 1.54) is 0 Å². The number of amides is 1. The number of ether oxygens (including phenoxy) is 3. The van der Waals surface area contributed by atoms with E-state index in [1.54, 1.807) is 41.3 Å². The molecule has 1 fully saturated rings. The molecule has 0 saturated carbocycles. The van der Waals surface area contributed by atoms with Gasteiger partial charge in [0.05, 0.1) is 0 Å². The molecule has 6 nitrogen and oxygen atoms in total. The van der Waals surface area contributed by atoms with Crippen LogP contribution in [0.4, 0.5) is 0 Å². The SMILES string of the molecule is C=CCOc1ccc(C=CC(=O)N2CCC(C(=O)c3ccc4c(c3)OCCO4)CC2)cc1. The van der Waals surface area contributed by atoms with E-state index >= 15 is 0 Å². The number of carbonyl (C=O) groups excluding carboxylic acids is 2. The summed E-state index contributed by atoms with van der Waals surface area (Å²) >= 11 is 0. The van der Waals surface area contributed by atoms with E-state index in [-0.39, 0.29) is 17.6 Å². The average molecular weight is 434 g/mol. The second-order valence-corrected chi connectivity index (χ2v) is 7.82. The number of piperidine rings is 1. The highest BCUT2D eigenvalue weighted by Gasteiger charge is 2.28. The van der Waals surface area contributed by atoms with Crippen molar-refractivity contribution in [3.05, 3.63) is 72.3 Å². The quantitative estimate of drug-likeness (QED) is 0.373. The molecule has 1 amide bonds. The Labute approximate surface area is 188 Å². The number of benzene rings is 2. The molecule has 0 bridgehead atoms. The van der Waals surface area contributed by atoms with Crippen molar-refractivity contribution in [1.29, 1.82) is 0 Å². The van der Waals surface area contributed by atoms with E-state index in [1.807, 2.05) is 24.3 Å². The Morgan fingerprint density at radius 2 is 1.75 bits per heavy atom. The molecule has 0 atom stereocenters. The third kappa shape index (κ3) is 5.19. The Morgan fingerprint density at radius 1 is 1.03 bits per heavy atom. The Balaban J connectivity index is 1.29. The van der Waals surface area contributed by atoms with Crippen LogP contribution in [0.5, 0.6) is 17.2 Å². The first-order valence-corrected chi connectivity index (χ1v) is 10.9. The number of ketones is 1. The number of carbonyl (C=O) groups is 2. The first-order chi connectivity index (χ1) is 15.6. The summed E-state index contributed by atoms with van der Waals surface area (Å²) in [5.74, 6) is 2.04. The number of hydrogen-bond donors (Lipinski definition) is 0. The van der Waals surface area contributed by atoms with Crippen molar-refractivity contribution in [2.45, 2.75) is 12.8 Å². The molecule has 0 aromatic heterocycles. The molecule has 2 aromatic carbocycles. The summed E-state index contributed by atoms with van der Waals surface area (Å²) in [6, 6.07) is 12.9. The normalized spacial score (nSPS) is 16.1. The molecule has 0 spiro atoms. The predicted octanol–water partition coefficient (Wildman–Crippen LogP) is 4.16. The molecule has 2 aliphatic heterocycles. The van der Waals surface area contributed by atoms with Gasteiger partial charge in [0.2, 0.25) is 5.91 Å². The molecule has 4 rings (SSSR count). The highest BCUT2D eigenvalue weighted by atomic mass is 16.6. The molecule has 2 aromatic rings. The van der Waals surface area contributed by atoms with E-state index < -0.39 is 0 Å². The van der Waals surface area contributed by atoms with Gasteiger partial charge in [0, 0.05) is 30.6 Å². The Bertz CT molecular complexity index is 1000. The van der Waals surface area contributed by atoms with Gasteiger partial charge in [-0.05, 0) is 54.8 Å². The van der Waals surface area contributed by atoms with Crippen LogP contribution in [0.25, 0.3) is 6.08 Å². The van der Waals surface area contributed by atoms with Gasteiger partial charge in [0.15, 0.2) is 17.3 Å². The molecule has 0 radical (unpaired) electrons. The number of nitrogens with zero attached hydrogens (tertiary/aromatic N) is 1. The van der Waals surface area contributed by atoms with Crippen LogP contribution in [0.1, 0.15) is 28.8 Å². The van der Waals surface area contributed by atoms with Crippen molar-refractivity contribution >= 4 is 17.8 Å². The topological polar surface area (TPSA) is 65.1 Å². The van der Waals surface area contributed by atoms with Crippen molar-refractivity contribution in [2.24, 2.45) is 5.92 Å². The van der Waals surface area contributed by atoms with Crippen molar-refractivity contribution in [2.75, 3.05) is 32.9 Å². The summed E-state index contributed by atoms with van der Waals surface area (Å²) in [5.41, 5.74) is 1.56. The van der Waals surface area contributed by atoms with Crippen molar-refractivity contribution < 1.29 is 23.8 Å². The minimum absolute atomic E-state index is 0.0396. The monoisotopic (exact) mass is 433 g/mol. The zero-order chi connectivity index (χ0) is 22.3. The molecule has 2 heterocycles. The fraction of sp³-hybridized carbons (Fsp3) is 0.308. The summed E-state index contributed by atoms with van der Waals surface area (Å²) in [5, 5.41) is 0. The van der Waals surface area contributed by atoms with Gasteiger partial charge in [-0.25, -0.2) is 0 Å². The molecule has 32 heavy (non-hydrogen) atoms. The maximum Gasteiger partial charge on any atom is 0.246 e. The standard InChI is InChI=1S/C26H27NO5/c1-2-15-30-22-7-3-19(4-8-22)5-10-25(28)27-13-11-20(12-14-27)26(29)21-6-9-23-24(18-21)32-17-16-31-23/h2-10,18,20H,1,11-17H2. The Kier molecular flexibility index (Phi) is 6.90. The van der Waals surface area contributed by atoms with Gasteiger partial charge in [-0.1, -0.05) is 24.8 Å². The second-order valence-electron chi connectivity index (χ2n) is 7.82. The highest BCUT2D eigenvalue weighted by Crippen LogP contribution is 2.32. The van der Waals surface area contributed by atoms with Crippen molar-refractivity contribution in [3.63, 3.8) is 0 Å². The van der Waals surface area contributed by atoms with Crippen LogP contribution in [-0.2, 0) is 4.79 Å². The summed E-state index contributed by atoms with van der Waals surface area (Å²) < 4.78 is 16.6. The zero-order valence-electron chi connectivity index (χ0n) is 18.0. The summed E-state index contributed by atoms with van der Waals surface area (Å²) in [6.45, 7) is 6.24. The van der Waals surface area contributed by atoms with E-state index in [2.05, 4.69) is 6.58 Å². The summed E-state index contributed by atoms with van der Waals surface area (Å²) in [6.07, 6.45) is 6.39. The smallest absolute Gasteiger partial charge is 0.246 e. The number of fused-ring (bicyclic) bond motifs is 1. The van der Waals surface area contributed by atoms with Crippen LogP contribution in [-0.4, -0.2) is 49.5 Å². The Morgan fingerprint density at radius 3 is 2.47 bits per heavy atom. The van der Waals surface area contributed by atoms with Crippen LogP contribution >= 0.6 is 0 Å². The van der Waals surface area contributed by atoms with Crippen LogP contribution in [0.15, 0.2) is 61.2 Å². The summed E-state index contributed by atoms with van der Waals surface area (Å²) in [7, 11) is 0. The van der Waals surface area contributed by atoms with E-state index in [0.717, 1.165) is 11.3 Å². The van der Waals surface area contributed by atoms with E-state index in [4.69, 9.17) is 14.2 Å². The van der Waals surface area contributed by atoms with Gasteiger partial charge in [0.1, 0.15) is 25.6 Å². The van der Waals surface area contributed by atoms with Crippen LogP contribution in [0.3, 0.4) is 0 Å². The van der Waals surface area contributed by atoms with Crippen LogP contribution in [0.2, 0.25) is 0 Å². The van der Waals surface area contributed by atoms with Crippen molar-refractivity contribution in [1.82, 2.24) is 4.90 Å². The molecule has 6 heteroatoms. The molecule has 2 aliphatic rings. The first kappa shape index (κ1) is 21.7. The lowest BCUT2D eigenvalue weighted by atomic mass is 9.88. The third-order valence-corrected chi connectivity index (χ3v) is 5.67. The minimum Gasteiger partial charge on any atom is -0.490 e. The van der Waals surface area contributed by atoms with Gasteiger partial charge in [-0.3, -0.25) is 9.59 Å². The lowest BCUT2D eigenvalue weighted by molar-refractivity contribution is -0.127. The predicted molar refractivity (Wildman–Crippen MR) is 122 cm³/mol. The molecule has 1 saturated heterocycles. The van der Waals surface area contributed by atoms with Crippen LogP contribution < -0.4 is 14.2 Å². The number of Topliss-reactive ketones (excluding diaryl/α,β-unsaturated/α-hetero) is 1. The molecule has 0 N–H and O–H groups in total. The third-order valence-electron chi connectivity index (χ3n) is 5.67. The maximum atomic E-state index is 12.9. The zero-order valence-corrected chi connectivity index (χ0v) is 18.0. The lowest BCUT2D eigenvalue weighted by Crippen LogP contribution is -2.39. The van der Waals surface area contributed by atoms with Gasteiger partial charge < -0.3 is 19.1 Å². The van der Waals surface area contributed by atoms with Gasteiger partial charge in [-0.2, -0.15) is 0 Å². The fourth-order valence-corrected chi connectivity index (χ4v) is 3.90. The fourth-order valence-electron chi connectivity index (χ4n) is 3.90. The molecule has 0 aliphatic carbocycles. The van der Waals surface area contributed by atoms with Gasteiger partial charge >= 0.3 is 0 Å². The maximum absolute atomic E-state index is 12.9. The van der Waals surface area contributed by atoms with Crippen LogP contribution in [0, 0.1) is 5.92 Å². The van der Waals surface area contributed by atoms with Gasteiger partial charge in [0.25, 0.3) is 0 Å². The number of rotatable bonds is 7. The second kappa shape index (κ2) is 10.2. The number of hydrogen-bond acceptors (Lipinski definition) is 5. The van der Waals surface area contributed by atoms with E-state index in [9.17, 15) is 9.59 Å². The average Bonchev–Trinajstić information content (AvgIpc) is 2.86. The highest BCUT2D eigenvalue weighted by molar-refractivity contribution is 5.99. The largest absolute Gasteiger partial charge is 0.490 e. The van der Waals surface area contributed by atoms with Crippen molar-refractivity contribution in [3.8, 4) is 17.2 Å². The molecule has 0 unspecified atom stereocenters. The molecular formula is C26H27NO5. The number of likely N-dealkylation sites (tertiary alicyclic amines) is 1. The first-order valence-electron chi connectivity index (χ1n) is 10.9. The molecule has 166 valence electrons. The minimum atomic E-state index is -0.0892. The lowest BCUT2D eigenvalue weighted by Gasteiger charge is -2.30. The van der Waals surface area contributed by atoms with Gasteiger partial charge in [-0.15, -0.1) is 0 Å². The summed E-state index contributed by atoms with van der Waals surface area (Å²) in [4.78, 5) is 27.3.